The fourth-order valence-electron chi connectivity index (χ4n) is 2.14. The first-order valence-electron chi connectivity index (χ1n) is 7.17. The molecule has 0 aliphatic rings. The highest BCUT2D eigenvalue weighted by atomic mass is 16.5. The van der Waals surface area contributed by atoms with Crippen LogP contribution < -0.4 is 4.90 Å². The van der Waals surface area contributed by atoms with Crippen LogP contribution in [-0.2, 0) is 4.74 Å². The van der Waals surface area contributed by atoms with Crippen LogP contribution in [0.5, 0.6) is 0 Å². The first kappa shape index (κ1) is 16.0. The molecule has 19 heavy (non-hydrogen) atoms. The molecular weight excluding hydrogens is 238 g/mol. The second kappa shape index (κ2) is 8.18. The minimum atomic E-state index is -0.356. The number of hydrogen-bond acceptors (Lipinski definition) is 3. The highest BCUT2D eigenvalue weighted by Gasteiger charge is 2.13. The second-order valence-electron chi connectivity index (χ2n) is 4.96. The largest absolute Gasteiger partial charge is 0.388 e. The van der Waals surface area contributed by atoms with E-state index in [-0.39, 0.29) is 6.10 Å². The van der Waals surface area contributed by atoms with Gasteiger partial charge in [0.25, 0.3) is 0 Å². The fourth-order valence-corrected chi connectivity index (χ4v) is 2.14. The predicted molar refractivity (Wildman–Crippen MR) is 80.7 cm³/mol. The zero-order valence-electron chi connectivity index (χ0n) is 12.6. The van der Waals surface area contributed by atoms with Crippen molar-refractivity contribution in [2.45, 2.75) is 45.8 Å². The Morgan fingerprint density at radius 3 is 2.26 bits per heavy atom. The molecule has 1 aromatic carbocycles. The molecule has 3 heteroatoms. The number of hydrogen-bond donors (Lipinski definition) is 1. The smallest absolute Gasteiger partial charge is 0.0787 e. The van der Waals surface area contributed by atoms with Gasteiger partial charge in [0.1, 0.15) is 0 Å². The molecule has 2 atom stereocenters. The summed E-state index contributed by atoms with van der Waals surface area (Å²) in [7, 11) is 1.73. The van der Waals surface area contributed by atoms with Gasteiger partial charge in [0.2, 0.25) is 0 Å². The van der Waals surface area contributed by atoms with E-state index in [1.807, 2.05) is 19.1 Å². The van der Waals surface area contributed by atoms with Crippen molar-refractivity contribution in [2.24, 2.45) is 0 Å². The van der Waals surface area contributed by atoms with Crippen molar-refractivity contribution in [2.75, 3.05) is 25.2 Å². The minimum Gasteiger partial charge on any atom is -0.388 e. The van der Waals surface area contributed by atoms with Gasteiger partial charge < -0.3 is 14.7 Å². The van der Waals surface area contributed by atoms with E-state index in [1.54, 1.807) is 7.11 Å². The van der Waals surface area contributed by atoms with Crippen LogP contribution in [0.25, 0.3) is 0 Å². The van der Waals surface area contributed by atoms with Gasteiger partial charge in [-0.2, -0.15) is 0 Å². The zero-order chi connectivity index (χ0) is 14.3. The average molecular weight is 265 g/mol. The van der Waals surface area contributed by atoms with Gasteiger partial charge in [-0.05, 0) is 37.5 Å². The molecule has 0 spiro atoms. The molecule has 0 aliphatic heterocycles. The number of anilines is 1. The first-order chi connectivity index (χ1) is 9.13. The van der Waals surface area contributed by atoms with Crippen LogP contribution in [-0.4, -0.2) is 31.4 Å². The van der Waals surface area contributed by atoms with Crippen molar-refractivity contribution in [3.63, 3.8) is 0 Å². The summed E-state index contributed by atoms with van der Waals surface area (Å²) in [4.78, 5) is 2.35. The summed E-state index contributed by atoms with van der Waals surface area (Å²) in [5, 5.41) is 9.82. The summed E-state index contributed by atoms with van der Waals surface area (Å²) in [6.07, 6.45) is 1.49. The zero-order valence-corrected chi connectivity index (χ0v) is 12.6. The molecule has 0 bridgehead atoms. The third-order valence-corrected chi connectivity index (χ3v) is 3.66. The van der Waals surface area contributed by atoms with Gasteiger partial charge in [-0.1, -0.05) is 26.0 Å². The molecule has 1 rings (SSSR count). The maximum absolute atomic E-state index is 9.82. The molecule has 0 aromatic heterocycles. The van der Waals surface area contributed by atoms with Gasteiger partial charge in [-0.15, -0.1) is 0 Å². The van der Waals surface area contributed by atoms with Crippen LogP contribution in [0, 0.1) is 0 Å². The molecule has 0 radical (unpaired) electrons. The summed E-state index contributed by atoms with van der Waals surface area (Å²) in [5.74, 6) is 0. The molecule has 0 fully saturated rings. The van der Waals surface area contributed by atoms with Gasteiger partial charge in [0, 0.05) is 25.4 Å². The Balaban J connectivity index is 2.84. The van der Waals surface area contributed by atoms with Crippen LogP contribution >= 0.6 is 0 Å². The number of methoxy groups -OCH3 is 1. The van der Waals surface area contributed by atoms with E-state index in [9.17, 15) is 5.11 Å². The van der Waals surface area contributed by atoms with Crippen molar-refractivity contribution in [1.29, 1.82) is 0 Å². The van der Waals surface area contributed by atoms with E-state index in [1.165, 1.54) is 5.69 Å². The third-order valence-electron chi connectivity index (χ3n) is 3.66. The fraction of sp³-hybridized carbons (Fsp3) is 0.625. The Bertz CT molecular complexity index is 350. The Morgan fingerprint density at radius 1 is 1.16 bits per heavy atom. The van der Waals surface area contributed by atoms with E-state index >= 15 is 0 Å². The molecule has 108 valence electrons. The standard InChI is InChI=1S/C16H27NO2/c1-5-13(3)17(11-12-19-4)15-9-7-14(8-10-15)16(18)6-2/h7-10,13,16,18H,5-6,11-12H2,1-4H3. The lowest BCUT2D eigenvalue weighted by molar-refractivity contribution is 0.173. The van der Waals surface area contributed by atoms with E-state index in [4.69, 9.17) is 4.74 Å². The lowest BCUT2D eigenvalue weighted by Gasteiger charge is -2.31. The molecule has 0 saturated heterocycles. The van der Waals surface area contributed by atoms with Gasteiger partial charge in [0.05, 0.1) is 12.7 Å². The molecule has 2 unspecified atom stereocenters. The topological polar surface area (TPSA) is 32.7 Å². The molecule has 0 amide bonds. The van der Waals surface area contributed by atoms with Crippen LogP contribution in [0.3, 0.4) is 0 Å². The van der Waals surface area contributed by atoms with Gasteiger partial charge in [-0.3, -0.25) is 0 Å². The predicted octanol–water partition coefficient (Wildman–Crippen LogP) is 3.38. The maximum atomic E-state index is 9.82. The monoisotopic (exact) mass is 265 g/mol. The molecule has 0 heterocycles. The number of benzene rings is 1. The summed E-state index contributed by atoms with van der Waals surface area (Å²) < 4.78 is 5.19. The molecule has 1 N–H and O–H groups in total. The molecule has 1 aromatic rings. The lowest BCUT2D eigenvalue weighted by Crippen LogP contribution is -2.35. The van der Waals surface area contributed by atoms with Gasteiger partial charge in [-0.25, -0.2) is 0 Å². The summed E-state index contributed by atoms with van der Waals surface area (Å²) in [5.41, 5.74) is 2.18. The molecule has 3 nitrogen and oxygen atoms in total. The maximum Gasteiger partial charge on any atom is 0.0787 e. The van der Waals surface area contributed by atoms with Crippen molar-refractivity contribution in [3.05, 3.63) is 29.8 Å². The number of nitrogens with zero attached hydrogens (tertiary/aromatic N) is 1. The van der Waals surface area contributed by atoms with E-state index in [0.29, 0.717) is 6.04 Å². The van der Waals surface area contributed by atoms with Crippen molar-refractivity contribution in [3.8, 4) is 0 Å². The van der Waals surface area contributed by atoms with Crippen LogP contribution in [0.4, 0.5) is 5.69 Å². The minimum absolute atomic E-state index is 0.356. The molecular formula is C16H27NO2. The number of aliphatic hydroxyl groups is 1. The Kier molecular flexibility index (Phi) is 6.89. The Labute approximate surface area is 117 Å². The molecule has 0 aliphatic carbocycles. The van der Waals surface area contributed by atoms with E-state index < -0.39 is 0 Å². The third kappa shape index (κ3) is 4.51. The van der Waals surface area contributed by atoms with Gasteiger partial charge in [0.15, 0.2) is 0 Å². The lowest BCUT2D eigenvalue weighted by atomic mass is 10.1. The normalized spacial score (nSPS) is 14.2. The second-order valence-corrected chi connectivity index (χ2v) is 4.96. The number of ether oxygens (including phenoxy) is 1. The van der Waals surface area contributed by atoms with Crippen LogP contribution in [0.1, 0.15) is 45.3 Å². The molecule has 0 saturated carbocycles. The Morgan fingerprint density at radius 2 is 1.79 bits per heavy atom. The van der Waals surface area contributed by atoms with Crippen LogP contribution in [0.15, 0.2) is 24.3 Å². The quantitative estimate of drug-likeness (QED) is 0.782. The summed E-state index contributed by atoms with van der Waals surface area (Å²) in [6.45, 7) is 8.03. The summed E-state index contributed by atoms with van der Waals surface area (Å²) >= 11 is 0. The van der Waals surface area contributed by atoms with E-state index in [0.717, 1.165) is 31.6 Å². The average Bonchev–Trinajstić information content (AvgIpc) is 2.47. The van der Waals surface area contributed by atoms with Crippen LogP contribution in [0.2, 0.25) is 0 Å². The first-order valence-corrected chi connectivity index (χ1v) is 7.17. The highest BCUT2D eigenvalue weighted by Crippen LogP contribution is 2.23. The van der Waals surface area contributed by atoms with Crippen molar-refractivity contribution in [1.82, 2.24) is 0 Å². The van der Waals surface area contributed by atoms with Crippen molar-refractivity contribution >= 4 is 5.69 Å². The number of aliphatic hydroxyl groups excluding tert-OH is 1. The Hall–Kier alpha value is -1.06. The van der Waals surface area contributed by atoms with Gasteiger partial charge >= 0.3 is 0 Å². The van der Waals surface area contributed by atoms with E-state index in [2.05, 4.69) is 30.9 Å². The highest BCUT2D eigenvalue weighted by molar-refractivity contribution is 5.48. The summed E-state index contributed by atoms with van der Waals surface area (Å²) in [6, 6.07) is 8.71. The number of rotatable bonds is 8. The van der Waals surface area contributed by atoms with Crippen molar-refractivity contribution < 1.29 is 9.84 Å². The SMILES string of the molecule is CCC(O)c1ccc(N(CCOC)C(C)CC)cc1.